The molecule has 0 bridgehead atoms. The highest BCUT2D eigenvalue weighted by Crippen LogP contribution is 2.31. The van der Waals surface area contributed by atoms with E-state index in [1.165, 1.54) is 6.92 Å². The molecule has 0 radical (unpaired) electrons. The lowest BCUT2D eigenvalue weighted by Gasteiger charge is -2.05. The smallest absolute Gasteiger partial charge is 0.420 e. The predicted octanol–water partition coefficient (Wildman–Crippen LogP) is 1.62. The number of halogens is 3. The van der Waals surface area contributed by atoms with Crippen molar-refractivity contribution in [1.82, 2.24) is 9.78 Å². The first-order valence-corrected chi connectivity index (χ1v) is 3.74. The van der Waals surface area contributed by atoms with Gasteiger partial charge < -0.3 is 5.11 Å². The molecule has 0 aliphatic carbocycles. The molecule has 14 heavy (non-hydrogen) atoms. The van der Waals surface area contributed by atoms with Crippen molar-refractivity contribution in [3.8, 4) is 0 Å². The molecule has 1 N–H and O–H groups in total. The van der Waals surface area contributed by atoms with Crippen molar-refractivity contribution in [3.63, 3.8) is 0 Å². The first kappa shape index (κ1) is 10.6. The Kier molecular flexibility index (Phi) is 2.50. The lowest BCUT2D eigenvalue weighted by atomic mass is 10.2. The summed E-state index contributed by atoms with van der Waals surface area (Å²) in [6, 6.07) is 0. The van der Waals surface area contributed by atoms with Crippen LogP contribution >= 0.6 is 0 Å². The third kappa shape index (κ3) is 1.70. The zero-order chi connectivity index (χ0) is 10.9. The fourth-order valence-electron chi connectivity index (χ4n) is 1.06. The van der Waals surface area contributed by atoms with Gasteiger partial charge in [0.05, 0.1) is 6.20 Å². The minimum atomic E-state index is -4.68. The molecule has 1 heterocycles. The number of carboxylic acids is 1. The second-order valence-corrected chi connectivity index (χ2v) is 2.53. The minimum absolute atomic E-state index is 0.0811. The Morgan fingerprint density at radius 2 is 2.21 bits per heavy atom. The van der Waals surface area contributed by atoms with E-state index in [1.807, 2.05) is 0 Å². The van der Waals surface area contributed by atoms with Crippen molar-refractivity contribution < 1.29 is 23.1 Å². The molecule has 4 nitrogen and oxygen atoms in total. The largest absolute Gasteiger partial charge is 0.477 e. The number of aromatic carboxylic acids is 1. The summed E-state index contributed by atoms with van der Waals surface area (Å²) in [6.07, 6.45) is -4.16. The Balaban J connectivity index is 3.32. The van der Waals surface area contributed by atoms with Crippen LogP contribution in [0.25, 0.3) is 0 Å². The highest BCUT2D eigenvalue weighted by Gasteiger charge is 2.38. The molecule has 0 unspecified atom stereocenters. The maximum absolute atomic E-state index is 12.2. The van der Waals surface area contributed by atoms with E-state index in [9.17, 15) is 18.0 Å². The number of carbonyl (C=O) groups is 1. The molecule has 1 aromatic rings. The number of carboxylic acid groups (broad SMARTS) is 1. The molecule has 1 rings (SSSR count). The molecule has 0 atom stereocenters. The molecule has 0 fully saturated rings. The molecule has 78 valence electrons. The van der Waals surface area contributed by atoms with Crippen LogP contribution in [0.5, 0.6) is 0 Å². The van der Waals surface area contributed by atoms with Gasteiger partial charge in [0.1, 0.15) is 5.56 Å². The van der Waals surface area contributed by atoms with Crippen LogP contribution in [0.1, 0.15) is 23.0 Å². The second-order valence-electron chi connectivity index (χ2n) is 2.53. The second kappa shape index (κ2) is 3.32. The summed E-state index contributed by atoms with van der Waals surface area (Å²) >= 11 is 0. The van der Waals surface area contributed by atoms with Gasteiger partial charge in [-0.3, -0.25) is 4.68 Å². The molecule has 0 spiro atoms. The zero-order valence-electron chi connectivity index (χ0n) is 7.17. The van der Waals surface area contributed by atoms with E-state index in [-0.39, 0.29) is 6.54 Å². The van der Waals surface area contributed by atoms with Crippen LogP contribution in [-0.4, -0.2) is 20.9 Å². The van der Waals surface area contributed by atoms with Crippen LogP contribution in [0.2, 0.25) is 0 Å². The molecule has 0 aliphatic rings. The Morgan fingerprint density at radius 1 is 1.64 bits per heavy atom. The number of hydrogen-bond acceptors (Lipinski definition) is 2. The average molecular weight is 208 g/mol. The van der Waals surface area contributed by atoms with E-state index in [0.717, 1.165) is 4.68 Å². The minimum Gasteiger partial charge on any atom is -0.477 e. The average Bonchev–Trinajstić information content (AvgIpc) is 2.45. The van der Waals surface area contributed by atoms with E-state index in [2.05, 4.69) is 5.10 Å². The highest BCUT2D eigenvalue weighted by molar-refractivity contribution is 5.87. The number of nitrogens with zero attached hydrogens (tertiary/aromatic N) is 2. The number of aryl methyl sites for hydroxylation is 1. The summed E-state index contributed by atoms with van der Waals surface area (Å²) in [5.74, 6) is -1.63. The van der Waals surface area contributed by atoms with Crippen molar-refractivity contribution in [2.24, 2.45) is 0 Å². The predicted molar refractivity (Wildman–Crippen MR) is 39.9 cm³/mol. The summed E-state index contributed by atoms with van der Waals surface area (Å²) in [5.41, 5.74) is -2.04. The van der Waals surface area contributed by atoms with Crippen LogP contribution in [0, 0.1) is 0 Å². The monoisotopic (exact) mass is 208 g/mol. The molecule has 0 aliphatic heterocycles. The molecule has 0 aromatic carbocycles. The fourth-order valence-corrected chi connectivity index (χ4v) is 1.06. The van der Waals surface area contributed by atoms with Crippen LogP contribution in [-0.2, 0) is 12.7 Å². The van der Waals surface area contributed by atoms with Crippen LogP contribution in [0.4, 0.5) is 13.2 Å². The van der Waals surface area contributed by atoms with Gasteiger partial charge in [-0.05, 0) is 6.92 Å². The van der Waals surface area contributed by atoms with Gasteiger partial charge in [-0.2, -0.15) is 18.3 Å². The van der Waals surface area contributed by atoms with Gasteiger partial charge in [0, 0.05) is 6.54 Å². The van der Waals surface area contributed by atoms with Gasteiger partial charge in [0.2, 0.25) is 0 Å². The highest BCUT2D eigenvalue weighted by atomic mass is 19.4. The Labute approximate surface area is 77.0 Å². The first-order chi connectivity index (χ1) is 6.38. The summed E-state index contributed by atoms with van der Waals surface area (Å²) in [6.45, 7) is 1.59. The van der Waals surface area contributed by atoms with E-state index >= 15 is 0 Å². The number of rotatable bonds is 2. The van der Waals surface area contributed by atoms with Gasteiger partial charge >= 0.3 is 12.1 Å². The van der Waals surface area contributed by atoms with Crippen LogP contribution < -0.4 is 0 Å². The van der Waals surface area contributed by atoms with E-state index in [4.69, 9.17) is 5.11 Å². The van der Waals surface area contributed by atoms with Crippen molar-refractivity contribution in [1.29, 1.82) is 0 Å². The summed E-state index contributed by atoms with van der Waals surface area (Å²) in [5, 5.41) is 11.9. The topological polar surface area (TPSA) is 55.1 Å². The van der Waals surface area contributed by atoms with Gasteiger partial charge in [-0.25, -0.2) is 4.79 Å². The number of alkyl halides is 3. The van der Waals surface area contributed by atoms with E-state index in [0.29, 0.717) is 6.20 Å². The summed E-state index contributed by atoms with van der Waals surface area (Å²) in [4.78, 5) is 10.5. The lowest BCUT2D eigenvalue weighted by Crippen LogP contribution is -2.15. The Hall–Kier alpha value is -1.53. The fraction of sp³-hybridized carbons (Fsp3) is 0.429. The summed E-state index contributed by atoms with van der Waals surface area (Å²) < 4.78 is 37.5. The first-order valence-electron chi connectivity index (χ1n) is 3.74. The zero-order valence-corrected chi connectivity index (χ0v) is 7.17. The Morgan fingerprint density at radius 3 is 2.57 bits per heavy atom. The van der Waals surface area contributed by atoms with Crippen molar-refractivity contribution >= 4 is 5.97 Å². The van der Waals surface area contributed by atoms with Crippen molar-refractivity contribution in [2.45, 2.75) is 19.6 Å². The SMILES string of the molecule is CCn1ncc(C(F)(F)F)c1C(=O)O. The Bertz CT molecular complexity index is 356. The molecule has 0 saturated heterocycles. The third-order valence-electron chi connectivity index (χ3n) is 1.65. The molecule has 7 heteroatoms. The quantitative estimate of drug-likeness (QED) is 0.803. The standard InChI is InChI=1S/C7H7F3N2O2/c1-2-12-5(6(13)14)4(3-11-12)7(8,9)10/h3H,2H2,1H3,(H,13,14). The van der Waals surface area contributed by atoms with Gasteiger partial charge in [-0.15, -0.1) is 0 Å². The van der Waals surface area contributed by atoms with Crippen molar-refractivity contribution in [3.05, 3.63) is 17.5 Å². The molecular weight excluding hydrogens is 201 g/mol. The van der Waals surface area contributed by atoms with E-state index in [1.54, 1.807) is 0 Å². The lowest BCUT2D eigenvalue weighted by molar-refractivity contribution is -0.138. The number of aromatic nitrogens is 2. The molecule has 0 amide bonds. The third-order valence-corrected chi connectivity index (χ3v) is 1.65. The van der Waals surface area contributed by atoms with Crippen molar-refractivity contribution in [2.75, 3.05) is 0 Å². The molecule has 1 aromatic heterocycles. The maximum Gasteiger partial charge on any atom is 0.420 e. The van der Waals surface area contributed by atoms with Crippen LogP contribution in [0.15, 0.2) is 6.20 Å². The number of hydrogen-bond donors (Lipinski definition) is 1. The van der Waals surface area contributed by atoms with Crippen LogP contribution in [0.3, 0.4) is 0 Å². The van der Waals surface area contributed by atoms with Gasteiger partial charge in [0.15, 0.2) is 5.69 Å². The van der Waals surface area contributed by atoms with E-state index < -0.39 is 23.4 Å². The van der Waals surface area contributed by atoms with Gasteiger partial charge in [0.25, 0.3) is 0 Å². The molecular formula is C7H7F3N2O2. The normalized spacial score (nSPS) is 11.7. The molecule has 0 saturated carbocycles. The summed E-state index contributed by atoms with van der Waals surface area (Å²) in [7, 11) is 0. The van der Waals surface area contributed by atoms with Gasteiger partial charge in [-0.1, -0.05) is 0 Å². The maximum atomic E-state index is 12.2.